The van der Waals surface area contributed by atoms with Crippen LogP contribution in [0.15, 0.2) is 6.07 Å². The number of nitrogen functional groups attached to an aromatic ring is 1. The maximum Gasteiger partial charge on any atom is 0.297 e. The van der Waals surface area contributed by atoms with Gasteiger partial charge in [0.15, 0.2) is 12.0 Å². The summed E-state index contributed by atoms with van der Waals surface area (Å²) >= 11 is 0. The molecule has 1 aromatic heterocycles. The van der Waals surface area contributed by atoms with Crippen molar-refractivity contribution in [2.24, 2.45) is 0 Å². The van der Waals surface area contributed by atoms with E-state index in [9.17, 15) is 23.7 Å². The Morgan fingerprint density at radius 2 is 2.20 bits per heavy atom. The standard InChI is InChI=1S/C7H5F2N3O3/c8-6(9)5-4(12(14)15)1-3(2-13)7(10)11-5/h1-2,6H,(H2,10,11). The molecule has 80 valence electrons. The number of anilines is 1. The van der Waals surface area contributed by atoms with Gasteiger partial charge in [-0.3, -0.25) is 14.9 Å². The molecule has 2 N–H and O–H groups in total. The number of nitrogens with two attached hydrogens (primary N) is 1. The Hall–Kier alpha value is -2.12. The highest BCUT2D eigenvalue weighted by Gasteiger charge is 2.25. The smallest absolute Gasteiger partial charge is 0.297 e. The van der Waals surface area contributed by atoms with E-state index in [2.05, 4.69) is 4.98 Å². The van der Waals surface area contributed by atoms with Crippen LogP contribution >= 0.6 is 0 Å². The van der Waals surface area contributed by atoms with E-state index in [0.29, 0.717) is 6.07 Å². The molecular formula is C7H5F2N3O3. The Bertz CT molecular complexity index is 422. The summed E-state index contributed by atoms with van der Waals surface area (Å²) in [5, 5.41) is 10.4. The molecule has 0 aliphatic carbocycles. The number of halogens is 2. The number of pyridine rings is 1. The highest BCUT2D eigenvalue weighted by Crippen LogP contribution is 2.29. The van der Waals surface area contributed by atoms with Gasteiger partial charge in [0.05, 0.1) is 10.5 Å². The molecule has 0 atom stereocenters. The second-order valence-corrected chi connectivity index (χ2v) is 2.54. The van der Waals surface area contributed by atoms with E-state index in [1.165, 1.54) is 0 Å². The minimum absolute atomic E-state index is 0.213. The predicted molar refractivity (Wildman–Crippen MR) is 45.6 cm³/mol. The molecule has 0 saturated heterocycles. The zero-order valence-electron chi connectivity index (χ0n) is 7.18. The van der Waals surface area contributed by atoms with E-state index in [4.69, 9.17) is 5.73 Å². The number of alkyl halides is 2. The van der Waals surface area contributed by atoms with Gasteiger partial charge in [-0.05, 0) is 0 Å². The van der Waals surface area contributed by atoms with Crippen LogP contribution in [-0.4, -0.2) is 16.2 Å². The molecule has 0 fully saturated rings. The zero-order valence-corrected chi connectivity index (χ0v) is 7.18. The zero-order chi connectivity index (χ0) is 11.6. The Kier molecular flexibility index (Phi) is 2.88. The Morgan fingerprint density at radius 3 is 2.60 bits per heavy atom. The number of nitrogens with zero attached hydrogens (tertiary/aromatic N) is 2. The van der Waals surface area contributed by atoms with Crippen LogP contribution in [-0.2, 0) is 0 Å². The summed E-state index contributed by atoms with van der Waals surface area (Å²) in [6.45, 7) is 0. The fourth-order valence-corrected chi connectivity index (χ4v) is 0.948. The SMILES string of the molecule is Nc1nc(C(F)F)c([N+](=O)[O-])cc1C=O. The second kappa shape index (κ2) is 3.95. The normalized spacial score (nSPS) is 10.3. The second-order valence-electron chi connectivity index (χ2n) is 2.54. The molecule has 1 rings (SSSR count). The summed E-state index contributed by atoms with van der Waals surface area (Å²) in [5.41, 5.74) is 2.90. The summed E-state index contributed by atoms with van der Waals surface area (Å²) < 4.78 is 24.6. The highest BCUT2D eigenvalue weighted by atomic mass is 19.3. The van der Waals surface area contributed by atoms with Crippen LogP contribution in [0.2, 0.25) is 0 Å². The molecule has 0 unspecified atom stereocenters. The molecule has 0 aliphatic rings. The summed E-state index contributed by atoms with van der Waals surface area (Å²) in [4.78, 5) is 22.8. The van der Waals surface area contributed by atoms with E-state index >= 15 is 0 Å². The van der Waals surface area contributed by atoms with Gasteiger partial charge >= 0.3 is 0 Å². The minimum atomic E-state index is -3.12. The Labute approximate surface area is 81.9 Å². The van der Waals surface area contributed by atoms with Crippen molar-refractivity contribution in [3.8, 4) is 0 Å². The van der Waals surface area contributed by atoms with Crippen LogP contribution in [0.3, 0.4) is 0 Å². The van der Waals surface area contributed by atoms with Gasteiger partial charge < -0.3 is 5.73 Å². The van der Waals surface area contributed by atoms with Crippen LogP contribution in [0.4, 0.5) is 20.3 Å². The molecule has 0 spiro atoms. The van der Waals surface area contributed by atoms with Gasteiger partial charge in [-0.15, -0.1) is 0 Å². The molecule has 15 heavy (non-hydrogen) atoms. The molecule has 0 bridgehead atoms. The summed E-state index contributed by atoms with van der Waals surface area (Å²) in [6.07, 6.45) is -2.90. The van der Waals surface area contributed by atoms with Crippen LogP contribution < -0.4 is 5.73 Å². The average molecular weight is 217 g/mol. The van der Waals surface area contributed by atoms with Crippen molar-refractivity contribution in [2.75, 3.05) is 5.73 Å². The minimum Gasteiger partial charge on any atom is -0.383 e. The molecule has 0 aromatic carbocycles. The topological polar surface area (TPSA) is 99.1 Å². The van der Waals surface area contributed by atoms with Crippen molar-refractivity contribution >= 4 is 17.8 Å². The van der Waals surface area contributed by atoms with Crippen molar-refractivity contribution in [1.29, 1.82) is 0 Å². The molecule has 0 amide bonds. The molecule has 0 aliphatic heterocycles. The van der Waals surface area contributed by atoms with Gasteiger partial charge in [0, 0.05) is 6.07 Å². The summed E-state index contributed by atoms with van der Waals surface area (Å²) in [6, 6.07) is 0.677. The number of carbonyl (C=O) groups is 1. The Balaban J connectivity index is 3.45. The lowest BCUT2D eigenvalue weighted by Crippen LogP contribution is -2.05. The van der Waals surface area contributed by atoms with E-state index in [0.717, 1.165) is 0 Å². The predicted octanol–water partition coefficient (Wildman–Crippen LogP) is 1.32. The van der Waals surface area contributed by atoms with Gasteiger partial charge in [0.2, 0.25) is 0 Å². The van der Waals surface area contributed by atoms with E-state index in [1.54, 1.807) is 0 Å². The third-order valence-corrected chi connectivity index (χ3v) is 1.62. The first-order valence-corrected chi connectivity index (χ1v) is 3.65. The summed E-state index contributed by atoms with van der Waals surface area (Å²) in [5.74, 6) is -0.453. The third kappa shape index (κ3) is 2.03. The number of nitro groups is 1. The number of rotatable bonds is 3. The van der Waals surface area contributed by atoms with Crippen molar-refractivity contribution < 1.29 is 18.5 Å². The number of hydrogen-bond acceptors (Lipinski definition) is 5. The quantitative estimate of drug-likeness (QED) is 0.467. The van der Waals surface area contributed by atoms with Crippen molar-refractivity contribution in [3.05, 3.63) is 27.4 Å². The van der Waals surface area contributed by atoms with Crippen molar-refractivity contribution in [3.63, 3.8) is 0 Å². The van der Waals surface area contributed by atoms with Gasteiger partial charge in [0.25, 0.3) is 12.1 Å². The molecule has 8 heteroatoms. The maximum absolute atomic E-state index is 12.3. The van der Waals surface area contributed by atoms with Crippen LogP contribution in [0, 0.1) is 10.1 Å². The third-order valence-electron chi connectivity index (χ3n) is 1.62. The molecule has 0 saturated carbocycles. The number of carbonyl (C=O) groups excluding carboxylic acids is 1. The largest absolute Gasteiger partial charge is 0.383 e. The van der Waals surface area contributed by atoms with Crippen LogP contribution in [0.25, 0.3) is 0 Å². The monoisotopic (exact) mass is 217 g/mol. The fourth-order valence-electron chi connectivity index (χ4n) is 0.948. The molecular weight excluding hydrogens is 212 g/mol. The molecule has 1 heterocycles. The van der Waals surface area contributed by atoms with Crippen LogP contribution in [0.5, 0.6) is 0 Å². The molecule has 6 nitrogen and oxygen atoms in total. The van der Waals surface area contributed by atoms with E-state index in [-0.39, 0.29) is 11.8 Å². The van der Waals surface area contributed by atoms with Crippen LogP contribution in [0.1, 0.15) is 22.5 Å². The molecule has 1 aromatic rings. The Morgan fingerprint density at radius 1 is 1.60 bits per heavy atom. The van der Waals surface area contributed by atoms with Gasteiger partial charge in [-0.25, -0.2) is 13.8 Å². The van der Waals surface area contributed by atoms with Gasteiger partial charge in [-0.2, -0.15) is 0 Å². The molecule has 0 radical (unpaired) electrons. The maximum atomic E-state index is 12.3. The lowest BCUT2D eigenvalue weighted by molar-refractivity contribution is -0.386. The highest BCUT2D eigenvalue weighted by molar-refractivity contribution is 5.83. The number of hydrogen-bond donors (Lipinski definition) is 1. The van der Waals surface area contributed by atoms with Crippen molar-refractivity contribution in [1.82, 2.24) is 4.98 Å². The van der Waals surface area contributed by atoms with E-state index < -0.39 is 28.5 Å². The fraction of sp³-hybridized carbons (Fsp3) is 0.143. The first kappa shape index (κ1) is 11.0. The lowest BCUT2D eigenvalue weighted by atomic mass is 10.2. The number of aldehydes is 1. The summed E-state index contributed by atoms with van der Waals surface area (Å²) in [7, 11) is 0. The van der Waals surface area contributed by atoms with Crippen molar-refractivity contribution in [2.45, 2.75) is 6.43 Å². The first-order valence-electron chi connectivity index (χ1n) is 3.65. The lowest BCUT2D eigenvalue weighted by Gasteiger charge is -2.03. The van der Waals surface area contributed by atoms with E-state index in [1.807, 2.05) is 0 Å². The van der Waals surface area contributed by atoms with Gasteiger partial charge in [0.1, 0.15) is 5.82 Å². The van der Waals surface area contributed by atoms with Gasteiger partial charge in [-0.1, -0.05) is 0 Å². The number of aromatic nitrogens is 1. The first-order chi connectivity index (χ1) is 6.97. The average Bonchev–Trinajstić information content (AvgIpc) is 2.16.